The Balaban J connectivity index is 1.22. The maximum absolute atomic E-state index is 6.62. The standard InChI is InChI=1S/C48H30BNO/c1-3-13-31(14-4-1)33-17-11-18-36(27-33)50-44-29-34(32-15-5-2-6-16-32)25-26-43(44)49-42-23-9-7-19-38(42)41-28-35(30-45(50)47(41)49)37-21-12-22-40-39-20-8-10-24-46(39)51-48(37)40/h1-30H. The first kappa shape index (κ1) is 28.3. The molecule has 3 heteroatoms. The van der Waals surface area contributed by atoms with Crippen LogP contribution in [0.15, 0.2) is 186 Å². The largest absolute Gasteiger partial charge is 0.455 e. The van der Waals surface area contributed by atoms with E-state index in [1.165, 1.54) is 61.1 Å². The molecule has 0 amide bonds. The molecule has 0 atom stereocenters. The Hall–Kier alpha value is -6.58. The van der Waals surface area contributed by atoms with E-state index in [4.69, 9.17) is 4.42 Å². The highest BCUT2D eigenvalue weighted by Gasteiger charge is 2.43. The fraction of sp³-hybridized carbons (Fsp3) is 0. The molecule has 0 unspecified atom stereocenters. The normalized spacial score (nSPS) is 12.6. The summed E-state index contributed by atoms with van der Waals surface area (Å²) in [4.78, 5) is 2.51. The maximum atomic E-state index is 6.62. The molecule has 236 valence electrons. The summed E-state index contributed by atoms with van der Waals surface area (Å²) in [7, 11) is 0. The van der Waals surface area contributed by atoms with Gasteiger partial charge in [0.15, 0.2) is 0 Å². The molecule has 0 saturated carbocycles. The van der Waals surface area contributed by atoms with Crippen molar-refractivity contribution in [3.8, 4) is 44.5 Å². The third-order valence-corrected chi connectivity index (χ3v) is 10.9. The Bertz CT molecular complexity index is 2820. The number of anilines is 3. The van der Waals surface area contributed by atoms with Gasteiger partial charge >= 0.3 is 0 Å². The lowest BCUT2D eigenvalue weighted by atomic mass is 9.37. The lowest BCUT2D eigenvalue weighted by Crippen LogP contribution is -2.54. The Kier molecular flexibility index (Phi) is 6.08. The summed E-state index contributed by atoms with van der Waals surface area (Å²) in [6.07, 6.45) is 0. The predicted octanol–water partition coefficient (Wildman–Crippen LogP) is 10.9. The number of para-hydroxylation sites is 2. The van der Waals surface area contributed by atoms with Crippen LogP contribution in [-0.4, -0.2) is 6.71 Å². The zero-order chi connectivity index (χ0) is 33.5. The highest BCUT2D eigenvalue weighted by molar-refractivity contribution is 7.01. The first-order valence-corrected chi connectivity index (χ1v) is 17.6. The van der Waals surface area contributed by atoms with Crippen LogP contribution in [0.5, 0.6) is 0 Å². The smallest absolute Gasteiger partial charge is 0.248 e. The first-order valence-electron chi connectivity index (χ1n) is 17.6. The van der Waals surface area contributed by atoms with Crippen molar-refractivity contribution < 1.29 is 4.42 Å². The second-order valence-electron chi connectivity index (χ2n) is 13.6. The molecule has 9 aromatic rings. The van der Waals surface area contributed by atoms with E-state index in [9.17, 15) is 0 Å². The molecule has 0 fully saturated rings. The second kappa shape index (κ2) is 11.0. The van der Waals surface area contributed by atoms with Crippen LogP contribution in [0, 0.1) is 0 Å². The Morgan fingerprint density at radius 3 is 1.88 bits per heavy atom. The number of furan rings is 1. The SMILES string of the molecule is c1ccc(-c2cccc(N3c4cc(-c5ccccc5)ccc4B4c5ccccc5-c5cc(-c6cccc7c6oc6ccccc67)cc3c54)c2)cc1. The number of rotatable bonds is 4. The molecular weight excluding hydrogens is 617 g/mol. The van der Waals surface area contributed by atoms with Gasteiger partial charge in [-0.25, -0.2) is 0 Å². The number of fused-ring (bicyclic) bond motifs is 8. The summed E-state index contributed by atoms with van der Waals surface area (Å²) < 4.78 is 6.62. The molecule has 0 radical (unpaired) electrons. The van der Waals surface area contributed by atoms with E-state index in [0.717, 1.165) is 38.8 Å². The van der Waals surface area contributed by atoms with E-state index in [2.05, 4.69) is 181 Å². The molecule has 1 aromatic heterocycles. The van der Waals surface area contributed by atoms with E-state index >= 15 is 0 Å². The molecule has 2 aliphatic rings. The number of hydrogen-bond acceptors (Lipinski definition) is 2. The van der Waals surface area contributed by atoms with Crippen molar-refractivity contribution in [2.45, 2.75) is 0 Å². The highest BCUT2D eigenvalue weighted by atomic mass is 16.3. The molecule has 2 aliphatic heterocycles. The number of hydrogen-bond donors (Lipinski definition) is 0. The van der Waals surface area contributed by atoms with Crippen molar-refractivity contribution in [3.63, 3.8) is 0 Å². The van der Waals surface area contributed by atoms with E-state index in [1.54, 1.807) is 0 Å². The minimum absolute atomic E-state index is 0.135. The van der Waals surface area contributed by atoms with Gasteiger partial charge in [-0.1, -0.05) is 151 Å². The van der Waals surface area contributed by atoms with E-state index < -0.39 is 0 Å². The molecule has 0 saturated heterocycles. The molecule has 51 heavy (non-hydrogen) atoms. The lowest BCUT2D eigenvalue weighted by molar-refractivity contribution is 0.670. The van der Waals surface area contributed by atoms with E-state index in [0.29, 0.717) is 0 Å². The molecule has 11 rings (SSSR count). The minimum atomic E-state index is 0.135. The molecular formula is C48H30BNO. The van der Waals surface area contributed by atoms with Gasteiger partial charge < -0.3 is 9.32 Å². The molecule has 0 spiro atoms. The van der Waals surface area contributed by atoms with Crippen molar-refractivity contribution in [2.24, 2.45) is 0 Å². The summed E-state index contributed by atoms with van der Waals surface area (Å²) in [5.74, 6) is 0. The first-order chi connectivity index (χ1) is 25.3. The van der Waals surface area contributed by atoms with Gasteiger partial charge in [0, 0.05) is 33.4 Å². The second-order valence-corrected chi connectivity index (χ2v) is 13.6. The summed E-state index contributed by atoms with van der Waals surface area (Å²) in [6.45, 7) is 0.135. The fourth-order valence-corrected chi connectivity index (χ4v) is 8.61. The molecule has 0 bridgehead atoms. The van der Waals surface area contributed by atoms with Crippen LogP contribution in [0.25, 0.3) is 66.4 Å². The van der Waals surface area contributed by atoms with Gasteiger partial charge in [-0.3, -0.25) is 0 Å². The molecule has 8 aromatic carbocycles. The van der Waals surface area contributed by atoms with Crippen molar-refractivity contribution >= 4 is 62.1 Å². The predicted molar refractivity (Wildman–Crippen MR) is 215 cm³/mol. The quantitative estimate of drug-likeness (QED) is 0.177. The average Bonchev–Trinajstić information content (AvgIpc) is 3.75. The summed E-state index contributed by atoms with van der Waals surface area (Å²) >= 11 is 0. The van der Waals surface area contributed by atoms with Gasteiger partial charge in [0.05, 0.1) is 0 Å². The van der Waals surface area contributed by atoms with Gasteiger partial charge in [0.25, 0.3) is 0 Å². The fourth-order valence-electron chi connectivity index (χ4n) is 8.61. The molecule has 2 nitrogen and oxygen atoms in total. The Labute approximate surface area is 297 Å². The third-order valence-electron chi connectivity index (χ3n) is 10.9. The molecule has 3 heterocycles. The van der Waals surface area contributed by atoms with Crippen LogP contribution in [0.2, 0.25) is 0 Å². The zero-order valence-electron chi connectivity index (χ0n) is 27.8. The lowest BCUT2D eigenvalue weighted by Gasteiger charge is -2.37. The van der Waals surface area contributed by atoms with Gasteiger partial charge in [0.2, 0.25) is 6.71 Å². The van der Waals surface area contributed by atoms with Gasteiger partial charge in [-0.05, 0) is 86.3 Å². The van der Waals surface area contributed by atoms with Gasteiger partial charge in [0.1, 0.15) is 11.2 Å². The maximum Gasteiger partial charge on any atom is 0.248 e. The average molecular weight is 648 g/mol. The molecule has 0 aliphatic carbocycles. The van der Waals surface area contributed by atoms with Crippen LogP contribution in [0.1, 0.15) is 0 Å². The van der Waals surface area contributed by atoms with Crippen LogP contribution in [0.3, 0.4) is 0 Å². The van der Waals surface area contributed by atoms with Crippen LogP contribution >= 0.6 is 0 Å². The Morgan fingerprint density at radius 1 is 0.392 bits per heavy atom. The van der Waals surface area contributed by atoms with Crippen molar-refractivity contribution in [1.82, 2.24) is 0 Å². The third kappa shape index (κ3) is 4.25. The van der Waals surface area contributed by atoms with Crippen molar-refractivity contribution in [1.29, 1.82) is 0 Å². The van der Waals surface area contributed by atoms with E-state index in [-0.39, 0.29) is 6.71 Å². The van der Waals surface area contributed by atoms with Crippen molar-refractivity contribution in [3.05, 3.63) is 182 Å². The zero-order valence-corrected chi connectivity index (χ0v) is 27.8. The number of benzene rings is 8. The van der Waals surface area contributed by atoms with Crippen molar-refractivity contribution in [2.75, 3.05) is 4.90 Å². The summed E-state index contributed by atoms with van der Waals surface area (Å²) in [5.41, 5.74) is 19.1. The monoisotopic (exact) mass is 647 g/mol. The topological polar surface area (TPSA) is 16.4 Å². The molecule has 0 N–H and O–H groups in total. The van der Waals surface area contributed by atoms with Gasteiger partial charge in [-0.2, -0.15) is 0 Å². The van der Waals surface area contributed by atoms with Gasteiger partial charge in [-0.15, -0.1) is 0 Å². The Morgan fingerprint density at radius 2 is 1.04 bits per heavy atom. The van der Waals surface area contributed by atoms with E-state index in [1.807, 2.05) is 6.07 Å². The minimum Gasteiger partial charge on any atom is -0.455 e. The van der Waals surface area contributed by atoms with Crippen LogP contribution in [0.4, 0.5) is 17.1 Å². The summed E-state index contributed by atoms with van der Waals surface area (Å²) in [5, 5.41) is 2.28. The van der Waals surface area contributed by atoms with Crippen LogP contribution < -0.4 is 21.3 Å². The summed E-state index contributed by atoms with van der Waals surface area (Å²) in [6, 6.07) is 66.2. The van der Waals surface area contributed by atoms with Crippen LogP contribution in [-0.2, 0) is 0 Å². The highest BCUT2D eigenvalue weighted by Crippen LogP contribution is 2.46. The number of nitrogens with zero attached hydrogens (tertiary/aromatic N) is 1.